The third kappa shape index (κ3) is 2.36. The van der Waals surface area contributed by atoms with Crippen LogP contribution in [-0.4, -0.2) is 4.98 Å². The van der Waals surface area contributed by atoms with E-state index in [9.17, 15) is 0 Å². The molecule has 3 rings (SSSR count). The summed E-state index contributed by atoms with van der Waals surface area (Å²) in [6.07, 6.45) is 3.28. The van der Waals surface area contributed by atoms with Gasteiger partial charge in [-0.3, -0.25) is 0 Å². The highest BCUT2D eigenvalue weighted by molar-refractivity contribution is 5.76. The van der Waals surface area contributed by atoms with Gasteiger partial charge in [-0.25, -0.2) is 4.98 Å². The minimum atomic E-state index is 0. The van der Waals surface area contributed by atoms with E-state index in [0.29, 0.717) is 5.89 Å². The Hall–Kier alpha value is -2.39. The van der Waals surface area contributed by atoms with E-state index < -0.39 is 0 Å². The first-order chi connectivity index (χ1) is 9.27. The lowest BCUT2D eigenvalue weighted by Crippen LogP contribution is -1.90. The second-order valence-corrected chi connectivity index (χ2v) is 4.63. The zero-order chi connectivity index (χ0) is 13.2. The molecular formula is C17H18N2O. The molecule has 0 bridgehead atoms. The Bertz CT molecular complexity index is 703. The maximum absolute atomic E-state index is 5.41. The van der Waals surface area contributed by atoms with Crippen molar-refractivity contribution in [3.8, 4) is 22.6 Å². The topological polar surface area (TPSA) is 61.0 Å². The zero-order valence-electron chi connectivity index (χ0n) is 11.8. The molecule has 0 fully saturated rings. The van der Waals surface area contributed by atoms with E-state index in [2.05, 4.69) is 49.2 Å². The molecule has 0 aliphatic rings. The Morgan fingerprint density at radius 1 is 0.850 bits per heavy atom. The van der Waals surface area contributed by atoms with Crippen LogP contribution in [0.4, 0.5) is 0 Å². The van der Waals surface area contributed by atoms with Crippen LogP contribution in [0.15, 0.2) is 59.3 Å². The number of benzene rings is 2. The highest BCUT2D eigenvalue weighted by Gasteiger charge is 2.11. The number of aryl methyl sites for hydroxylation is 1. The molecule has 1 aromatic heterocycles. The SMILES string of the molecule is Cc1ccccc1-c1cccc(-c2ncco2)c1C.N. The normalized spacial score (nSPS) is 10.1. The summed E-state index contributed by atoms with van der Waals surface area (Å²) in [6.45, 7) is 4.24. The summed E-state index contributed by atoms with van der Waals surface area (Å²) in [5.41, 5.74) is 6.00. The van der Waals surface area contributed by atoms with Gasteiger partial charge in [-0.1, -0.05) is 36.4 Å². The maximum atomic E-state index is 5.41. The quantitative estimate of drug-likeness (QED) is 0.725. The summed E-state index contributed by atoms with van der Waals surface area (Å²) in [4.78, 5) is 4.24. The fourth-order valence-corrected chi connectivity index (χ4v) is 2.39. The largest absolute Gasteiger partial charge is 0.445 e. The average molecular weight is 266 g/mol. The molecule has 0 amide bonds. The van der Waals surface area contributed by atoms with Crippen LogP contribution in [0.1, 0.15) is 11.1 Å². The lowest BCUT2D eigenvalue weighted by molar-refractivity contribution is 0.574. The van der Waals surface area contributed by atoms with E-state index in [0.717, 1.165) is 5.56 Å². The molecule has 20 heavy (non-hydrogen) atoms. The zero-order valence-corrected chi connectivity index (χ0v) is 11.8. The van der Waals surface area contributed by atoms with Gasteiger partial charge in [-0.2, -0.15) is 0 Å². The first kappa shape index (κ1) is 14.0. The van der Waals surface area contributed by atoms with Gasteiger partial charge in [0.05, 0.1) is 6.20 Å². The van der Waals surface area contributed by atoms with Crippen molar-refractivity contribution in [2.24, 2.45) is 0 Å². The molecule has 0 aliphatic heterocycles. The number of oxazole rings is 1. The first-order valence-electron chi connectivity index (χ1n) is 6.33. The Kier molecular flexibility index (Phi) is 4.01. The van der Waals surface area contributed by atoms with Gasteiger partial charge in [0.25, 0.3) is 0 Å². The van der Waals surface area contributed by atoms with Crippen molar-refractivity contribution in [1.82, 2.24) is 11.1 Å². The average Bonchev–Trinajstić information content (AvgIpc) is 2.94. The van der Waals surface area contributed by atoms with Gasteiger partial charge < -0.3 is 10.6 Å². The van der Waals surface area contributed by atoms with Crippen molar-refractivity contribution in [2.45, 2.75) is 13.8 Å². The summed E-state index contributed by atoms with van der Waals surface area (Å²) in [7, 11) is 0. The number of nitrogens with zero attached hydrogens (tertiary/aromatic N) is 1. The molecule has 3 heteroatoms. The van der Waals surface area contributed by atoms with Crippen LogP contribution >= 0.6 is 0 Å². The summed E-state index contributed by atoms with van der Waals surface area (Å²) in [5.74, 6) is 0.674. The molecule has 0 radical (unpaired) electrons. The highest BCUT2D eigenvalue weighted by atomic mass is 16.3. The Labute approximate surface area is 118 Å². The van der Waals surface area contributed by atoms with E-state index in [1.54, 1.807) is 12.5 Å². The minimum Gasteiger partial charge on any atom is -0.445 e. The van der Waals surface area contributed by atoms with Crippen molar-refractivity contribution in [2.75, 3.05) is 0 Å². The molecule has 0 unspecified atom stereocenters. The fourth-order valence-electron chi connectivity index (χ4n) is 2.39. The van der Waals surface area contributed by atoms with Crippen molar-refractivity contribution in [3.05, 3.63) is 66.1 Å². The van der Waals surface area contributed by atoms with Gasteiger partial charge in [-0.05, 0) is 42.2 Å². The third-order valence-corrected chi connectivity index (χ3v) is 3.43. The molecule has 3 N–H and O–H groups in total. The predicted octanol–water partition coefficient (Wildman–Crippen LogP) is 4.79. The van der Waals surface area contributed by atoms with E-state index in [1.807, 2.05) is 12.1 Å². The van der Waals surface area contributed by atoms with Gasteiger partial charge in [-0.15, -0.1) is 0 Å². The second-order valence-electron chi connectivity index (χ2n) is 4.63. The van der Waals surface area contributed by atoms with Gasteiger partial charge in [0.1, 0.15) is 6.26 Å². The number of aromatic nitrogens is 1. The lowest BCUT2D eigenvalue weighted by atomic mass is 9.94. The molecule has 0 aliphatic carbocycles. The minimum absolute atomic E-state index is 0. The number of hydrogen-bond acceptors (Lipinski definition) is 3. The Morgan fingerprint density at radius 2 is 1.55 bits per heavy atom. The summed E-state index contributed by atoms with van der Waals surface area (Å²) in [6, 6.07) is 14.6. The predicted molar refractivity (Wildman–Crippen MR) is 81.9 cm³/mol. The van der Waals surface area contributed by atoms with Crippen LogP contribution in [0.5, 0.6) is 0 Å². The number of rotatable bonds is 2. The second kappa shape index (κ2) is 5.72. The van der Waals surface area contributed by atoms with Crippen LogP contribution in [0.2, 0.25) is 0 Å². The molecule has 1 heterocycles. The van der Waals surface area contributed by atoms with Gasteiger partial charge in [0, 0.05) is 5.56 Å². The molecule has 102 valence electrons. The summed E-state index contributed by atoms with van der Waals surface area (Å²) < 4.78 is 5.41. The van der Waals surface area contributed by atoms with Crippen LogP contribution in [0.3, 0.4) is 0 Å². The third-order valence-electron chi connectivity index (χ3n) is 3.43. The van der Waals surface area contributed by atoms with Crippen molar-refractivity contribution in [3.63, 3.8) is 0 Å². The molecule has 0 saturated heterocycles. The monoisotopic (exact) mass is 266 g/mol. The summed E-state index contributed by atoms with van der Waals surface area (Å²) >= 11 is 0. The smallest absolute Gasteiger partial charge is 0.226 e. The molecule has 0 saturated carbocycles. The molecular weight excluding hydrogens is 248 g/mol. The van der Waals surface area contributed by atoms with Crippen LogP contribution in [-0.2, 0) is 0 Å². The van der Waals surface area contributed by atoms with Crippen molar-refractivity contribution < 1.29 is 4.42 Å². The summed E-state index contributed by atoms with van der Waals surface area (Å²) in [5, 5.41) is 0. The molecule has 2 aromatic carbocycles. The number of hydrogen-bond donors (Lipinski definition) is 1. The van der Waals surface area contributed by atoms with Gasteiger partial charge >= 0.3 is 0 Å². The molecule has 3 aromatic rings. The van der Waals surface area contributed by atoms with E-state index in [1.165, 1.54) is 22.3 Å². The molecule has 3 nitrogen and oxygen atoms in total. The van der Waals surface area contributed by atoms with E-state index in [4.69, 9.17) is 4.42 Å². The van der Waals surface area contributed by atoms with E-state index >= 15 is 0 Å². The molecule has 0 spiro atoms. The van der Waals surface area contributed by atoms with Gasteiger partial charge in [0.15, 0.2) is 0 Å². The maximum Gasteiger partial charge on any atom is 0.226 e. The fraction of sp³-hybridized carbons (Fsp3) is 0.118. The Morgan fingerprint density at radius 3 is 2.25 bits per heavy atom. The standard InChI is InChI=1S/C17H15NO.H3N/c1-12-6-3-4-7-14(12)15-8-5-9-16(13(15)2)17-18-10-11-19-17;/h3-11H,1-2H3;1H3. The first-order valence-corrected chi connectivity index (χ1v) is 6.33. The van der Waals surface area contributed by atoms with Crippen LogP contribution in [0.25, 0.3) is 22.6 Å². The van der Waals surface area contributed by atoms with Crippen molar-refractivity contribution in [1.29, 1.82) is 0 Å². The Balaban J connectivity index is 0.00000147. The lowest BCUT2D eigenvalue weighted by Gasteiger charge is -2.11. The molecule has 0 atom stereocenters. The van der Waals surface area contributed by atoms with Crippen LogP contribution in [0, 0.1) is 13.8 Å². The van der Waals surface area contributed by atoms with Crippen molar-refractivity contribution >= 4 is 0 Å². The van der Waals surface area contributed by atoms with Gasteiger partial charge in [0.2, 0.25) is 5.89 Å². The van der Waals surface area contributed by atoms with Crippen LogP contribution < -0.4 is 6.15 Å². The van der Waals surface area contributed by atoms with E-state index in [-0.39, 0.29) is 6.15 Å². The highest BCUT2D eigenvalue weighted by Crippen LogP contribution is 2.32.